The number of carbonyl (C=O) groups is 1. The molecule has 2 heterocycles. The van der Waals surface area contributed by atoms with E-state index in [2.05, 4.69) is 25.9 Å². The van der Waals surface area contributed by atoms with Crippen LogP contribution in [0, 0.1) is 0 Å². The van der Waals surface area contributed by atoms with E-state index in [1.165, 1.54) is 0 Å². The Hall–Kier alpha value is -2.44. The molecule has 0 spiro atoms. The van der Waals surface area contributed by atoms with Crippen LogP contribution in [-0.4, -0.2) is 39.7 Å². The molecule has 7 nitrogen and oxygen atoms in total. The van der Waals surface area contributed by atoms with Crippen LogP contribution in [-0.2, 0) is 0 Å². The van der Waals surface area contributed by atoms with Crippen LogP contribution >= 0.6 is 0 Å². The van der Waals surface area contributed by atoms with Crippen LogP contribution in [0.1, 0.15) is 0 Å². The number of nitrogens with zero attached hydrogens (tertiary/aromatic N) is 4. The van der Waals surface area contributed by atoms with Crippen LogP contribution in [0.25, 0.3) is 11.4 Å². The second-order valence-electron chi connectivity index (χ2n) is 3.67. The summed E-state index contributed by atoms with van der Waals surface area (Å²) >= 11 is 0. The maximum Gasteiger partial charge on any atom is 0.321 e. The summed E-state index contributed by atoms with van der Waals surface area (Å²) in [5.41, 5.74) is 1.73. The summed E-state index contributed by atoms with van der Waals surface area (Å²) in [5, 5.41) is 16.4. The average Bonchev–Trinajstić information content (AvgIpc) is 3.00. The molecule has 86 valence electrons. The minimum atomic E-state index is -0.0580. The molecule has 1 aromatic heterocycles. The maximum absolute atomic E-state index is 11.5. The first-order valence-corrected chi connectivity index (χ1v) is 5.24. The van der Waals surface area contributed by atoms with Gasteiger partial charge in [0.05, 0.1) is 0 Å². The summed E-state index contributed by atoms with van der Waals surface area (Å²) in [6.45, 7) is 1.38. The molecule has 17 heavy (non-hydrogen) atoms. The van der Waals surface area contributed by atoms with Crippen molar-refractivity contribution in [3.05, 3.63) is 24.3 Å². The van der Waals surface area contributed by atoms with Crippen LogP contribution in [0.4, 0.5) is 10.5 Å². The van der Waals surface area contributed by atoms with Gasteiger partial charge in [-0.15, -0.1) is 10.2 Å². The van der Waals surface area contributed by atoms with Gasteiger partial charge >= 0.3 is 6.03 Å². The zero-order valence-electron chi connectivity index (χ0n) is 8.92. The molecule has 1 saturated heterocycles. The van der Waals surface area contributed by atoms with Crippen LogP contribution in [0.3, 0.4) is 0 Å². The summed E-state index contributed by atoms with van der Waals surface area (Å²) in [4.78, 5) is 13.2. The van der Waals surface area contributed by atoms with Crippen molar-refractivity contribution < 1.29 is 4.79 Å². The largest absolute Gasteiger partial charge is 0.336 e. The minimum Gasteiger partial charge on any atom is -0.336 e. The van der Waals surface area contributed by atoms with Gasteiger partial charge in [-0.3, -0.25) is 4.90 Å². The highest BCUT2D eigenvalue weighted by Gasteiger charge is 2.20. The Morgan fingerprint density at radius 1 is 1.24 bits per heavy atom. The van der Waals surface area contributed by atoms with Gasteiger partial charge < -0.3 is 5.32 Å². The number of anilines is 1. The highest BCUT2D eigenvalue weighted by Crippen LogP contribution is 2.20. The molecule has 1 aliphatic rings. The molecular formula is C10H10N6O. The number of H-pyrrole nitrogens is 1. The van der Waals surface area contributed by atoms with E-state index < -0.39 is 0 Å². The Kier molecular flexibility index (Phi) is 2.21. The first-order chi connectivity index (χ1) is 8.34. The van der Waals surface area contributed by atoms with E-state index in [0.29, 0.717) is 18.9 Å². The van der Waals surface area contributed by atoms with Crippen molar-refractivity contribution in [2.24, 2.45) is 0 Å². The van der Waals surface area contributed by atoms with Gasteiger partial charge in [-0.1, -0.05) is 0 Å². The number of tetrazole rings is 1. The average molecular weight is 230 g/mol. The highest BCUT2D eigenvalue weighted by molar-refractivity contribution is 5.94. The van der Waals surface area contributed by atoms with E-state index in [1.807, 2.05) is 24.3 Å². The zero-order valence-corrected chi connectivity index (χ0v) is 8.92. The van der Waals surface area contributed by atoms with Gasteiger partial charge in [-0.25, -0.2) is 4.79 Å². The second-order valence-corrected chi connectivity index (χ2v) is 3.67. The number of hydrogen-bond donors (Lipinski definition) is 2. The standard InChI is InChI=1S/C10H10N6O/c17-10-11-5-6-16(10)8-3-1-7(2-4-8)9-12-14-15-13-9/h1-4H,5-6H2,(H,11,17)(H,12,13,14,15). The van der Waals surface area contributed by atoms with Crippen molar-refractivity contribution in [3.63, 3.8) is 0 Å². The lowest BCUT2D eigenvalue weighted by atomic mass is 10.2. The smallest absolute Gasteiger partial charge is 0.321 e. The molecule has 0 bridgehead atoms. The van der Waals surface area contributed by atoms with Crippen molar-refractivity contribution in [1.29, 1.82) is 0 Å². The molecule has 7 heteroatoms. The summed E-state index contributed by atoms with van der Waals surface area (Å²) in [7, 11) is 0. The van der Waals surface area contributed by atoms with Crippen LogP contribution < -0.4 is 10.2 Å². The molecule has 0 saturated carbocycles. The number of urea groups is 1. The lowest BCUT2D eigenvalue weighted by Gasteiger charge is -2.13. The van der Waals surface area contributed by atoms with Crippen LogP contribution in [0.2, 0.25) is 0 Å². The number of amides is 2. The van der Waals surface area contributed by atoms with Crippen molar-refractivity contribution in [3.8, 4) is 11.4 Å². The lowest BCUT2D eigenvalue weighted by molar-refractivity contribution is 0.252. The molecule has 1 aromatic carbocycles. The van der Waals surface area contributed by atoms with Crippen molar-refractivity contribution >= 4 is 11.7 Å². The Bertz CT molecular complexity index is 520. The number of aromatic nitrogens is 4. The normalized spacial score (nSPS) is 15.1. The molecule has 3 rings (SSSR count). The minimum absolute atomic E-state index is 0.0580. The molecular weight excluding hydrogens is 220 g/mol. The van der Waals surface area contributed by atoms with E-state index in [-0.39, 0.29) is 6.03 Å². The fourth-order valence-electron chi connectivity index (χ4n) is 1.79. The maximum atomic E-state index is 11.5. The zero-order chi connectivity index (χ0) is 11.7. The number of carbonyl (C=O) groups excluding carboxylic acids is 1. The molecule has 2 aromatic rings. The highest BCUT2D eigenvalue weighted by atomic mass is 16.2. The number of aromatic amines is 1. The molecule has 1 fully saturated rings. The molecule has 0 unspecified atom stereocenters. The quantitative estimate of drug-likeness (QED) is 0.781. The lowest BCUT2D eigenvalue weighted by Crippen LogP contribution is -2.27. The van der Waals surface area contributed by atoms with Crippen molar-refractivity contribution in [2.45, 2.75) is 0 Å². The van der Waals surface area contributed by atoms with Gasteiger partial charge in [-0.2, -0.15) is 5.21 Å². The number of hydrogen-bond acceptors (Lipinski definition) is 4. The third-order valence-electron chi connectivity index (χ3n) is 2.64. The molecule has 2 N–H and O–H groups in total. The van der Waals surface area contributed by atoms with E-state index in [1.54, 1.807) is 4.90 Å². The number of nitrogens with one attached hydrogen (secondary N) is 2. The topological polar surface area (TPSA) is 86.8 Å². The summed E-state index contributed by atoms with van der Waals surface area (Å²) in [6, 6.07) is 7.42. The molecule has 0 atom stereocenters. The van der Waals surface area contributed by atoms with E-state index in [9.17, 15) is 4.79 Å². The van der Waals surface area contributed by atoms with Crippen LogP contribution in [0.5, 0.6) is 0 Å². The summed E-state index contributed by atoms with van der Waals surface area (Å²) < 4.78 is 0. The van der Waals surface area contributed by atoms with Gasteiger partial charge in [0.25, 0.3) is 0 Å². The van der Waals surface area contributed by atoms with Gasteiger partial charge in [0.1, 0.15) is 0 Å². The molecule has 2 amide bonds. The Morgan fingerprint density at radius 2 is 2.06 bits per heavy atom. The Morgan fingerprint density at radius 3 is 2.65 bits per heavy atom. The first-order valence-electron chi connectivity index (χ1n) is 5.24. The van der Waals surface area contributed by atoms with Gasteiger partial charge in [-0.05, 0) is 29.5 Å². The third-order valence-corrected chi connectivity index (χ3v) is 2.64. The Balaban J connectivity index is 1.87. The van der Waals surface area contributed by atoms with Gasteiger partial charge in [0, 0.05) is 24.3 Å². The van der Waals surface area contributed by atoms with E-state index in [0.717, 1.165) is 11.3 Å². The van der Waals surface area contributed by atoms with Crippen LogP contribution in [0.15, 0.2) is 24.3 Å². The summed E-state index contributed by atoms with van der Waals surface area (Å²) in [6.07, 6.45) is 0. The predicted octanol–water partition coefficient (Wildman–Crippen LogP) is 0.396. The fourth-order valence-corrected chi connectivity index (χ4v) is 1.79. The third kappa shape index (κ3) is 1.71. The predicted molar refractivity (Wildman–Crippen MR) is 60.4 cm³/mol. The van der Waals surface area contributed by atoms with Crippen molar-refractivity contribution in [1.82, 2.24) is 25.9 Å². The molecule has 0 radical (unpaired) electrons. The second kappa shape index (κ2) is 3.85. The van der Waals surface area contributed by atoms with E-state index >= 15 is 0 Å². The number of benzene rings is 1. The van der Waals surface area contributed by atoms with Gasteiger partial charge in [0.2, 0.25) is 5.82 Å². The van der Waals surface area contributed by atoms with E-state index in [4.69, 9.17) is 0 Å². The fraction of sp³-hybridized carbons (Fsp3) is 0.200. The number of rotatable bonds is 2. The van der Waals surface area contributed by atoms with Gasteiger partial charge in [0.15, 0.2) is 0 Å². The van der Waals surface area contributed by atoms with Crippen molar-refractivity contribution in [2.75, 3.05) is 18.0 Å². The molecule has 1 aliphatic heterocycles. The molecule has 0 aliphatic carbocycles. The Labute approximate surface area is 96.8 Å². The SMILES string of the molecule is O=C1NCCN1c1ccc(-c2nn[nH]n2)cc1. The summed E-state index contributed by atoms with van der Waals surface area (Å²) in [5.74, 6) is 0.544. The monoisotopic (exact) mass is 230 g/mol. The first kappa shape index (κ1) is 9.76.